The molecule has 4 nitrogen and oxygen atoms in total. The fourth-order valence-electron chi connectivity index (χ4n) is 1.92. The summed E-state index contributed by atoms with van der Waals surface area (Å²) in [5, 5.41) is 11.7. The average molecular weight is 274 g/mol. The molecule has 20 heavy (non-hydrogen) atoms. The Bertz CT molecular complexity index is 634. The molecule has 4 heteroatoms. The molecule has 0 amide bonds. The van der Waals surface area contributed by atoms with Crippen LogP contribution in [0.5, 0.6) is 0 Å². The zero-order valence-corrected chi connectivity index (χ0v) is 12.8. The first-order chi connectivity index (χ1) is 9.20. The SMILES string of the molecule is C=CC.Cc1cc([N+](=O)[O-])cc2cc(C(C)(C)C)[nH]c12. The minimum Gasteiger partial charge on any atom is -0.358 e. The number of nitrogens with zero attached hydrogens (tertiary/aromatic N) is 1. The maximum atomic E-state index is 10.8. The van der Waals surface area contributed by atoms with Gasteiger partial charge in [0.25, 0.3) is 5.69 Å². The van der Waals surface area contributed by atoms with E-state index in [4.69, 9.17) is 0 Å². The summed E-state index contributed by atoms with van der Waals surface area (Å²) < 4.78 is 0. The number of allylic oxidation sites excluding steroid dienone is 1. The maximum Gasteiger partial charge on any atom is 0.270 e. The van der Waals surface area contributed by atoms with Crippen LogP contribution in [0, 0.1) is 17.0 Å². The Morgan fingerprint density at radius 3 is 2.30 bits per heavy atom. The lowest BCUT2D eigenvalue weighted by Gasteiger charge is -2.15. The maximum absolute atomic E-state index is 10.8. The van der Waals surface area contributed by atoms with Crippen molar-refractivity contribution >= 4 is 16.6 Å². The van der Waals surface area contributed by atoms with Gasteiger partial charge in [-0.05, 0) is 25.5 Å². The number of hydrogen-bond donors (Lipinski definition) is 1. The van der Waals surface area contributed by atoms with Crippen LogP contribution in [-0.4, -0.2) is 9.91 Å². The van der Waals surface area contributed by atoms with Gasteiger partial charge in [-0.3, -0.25) is 10.1 Å². The largest absolute Gasteiger partial charge is 0.358 e. The normalized spacial score (nSPS) is 10.8. The summed E-state index contributed by atoms with van der Waals surface area (Å²) >= 11 is 0. The second-order valence-electron chi connectivity index (χ2n) is 5.83. The number of aromatic amines is 1. The molecular weight excluding hydrogens is 252 g/mol. The van der Waals surface area contributed by atoms with Crippen LogP contribution in [0.2, 0.25) is 0 Å². The van der Waals surface area contributed by atoms with Crippen molar-refractivity contribution in [3.8, 4) is 0 Å². The van der Waals surface area contributed by atoms with Gasteiger partial charge in [0.2, 0.25) is 0 Å². The number of aryl methyl sites for hydroxylation is 1. The smallest absolute Gasteiger partial charge is 0.270 e. The monoisotopic (exact) mass is 274 g/mol. The van der Waals surface area contributed by atoms with Crippen molar-refractivity contribution in [3.05, 3.63) is 52.2 Å². The Kier molecular flexibility index (Phi) is 4.71. The summed E-state index contributed by atoms with van der Waals surface area (Å²) in [6.07, 6.45) is 1.75. The van der Waals surface area contributed by atoms with Gasteiger partial charge in [0.15, 0.2) is 0 Å². The first-order valence-electron chi connectivity index (χ1n) is 6.56. The van der Waals surface area contributed by atoms with Crippen LogP contribution in [-0.2, 0) is 5.41 Å². The van der Waals surface area contributed by atoms with Crippen LogP contribution >= 0.6 is 0 Å². The molecule has 2 aromatic rings. The molecule has 2 rings (SSSR count). The second kappa shape index (κ2) is 5.90. The van der Waals surface area contributed by atoms with Crippen molar-refractivity contribution < 1.29 is 4.92 Å². The van der Waals surface area contributed by atoms with E-state index in [1.54, 1.807) is 18.2 Å². The number of rotatable bonds is 1. The fourth-order valence-corrected chi connectivity index (χ4v) is 1.92. The predicted octanol–water partition coefficient (Wildman–Crippen LogP) is 4.87. The van der Waals surface area contributed by atoms with E-state index in [1.165, 1.54) is 0 Å². The summed E-state index contributed by atoms with van der Waals surface area (Å²) in [6.45, 7) is 13.5. The number of hydrogen-bond acceptors (Lipinski definition) is 2. The molecule has 0 bridgehead atoms. The number of nitro benzene ring substituents is 1. The van der Waals surface area contributed by atoms with E-state index in [-0.39, 0.29) is 16.0 Å². The van der Waals surface area contributed by atoms with Crippen molar-refractivity contribution in [3.63, 3.8) is 0 Å². The van der Waals surface area contributed by atoms with Gasteiger partial charge in [-0.2, -0.15) is 0 Å². The first-order valence-corrected chi connectivity index (χ1v) is 6.56. The van der Waals surface area contributed by atoms with Gasteiger partial charge >= 0.3 is 0 Å². The van der Waals surface area contributed by atoms with Crippen LogP contribution in [0.4, 0.5) is 5.69 Å². The number of benzene rings is 1. The highest BCUT2D eigenvalue weighted by molar-refractivity contribution is 5.86. The molecule has 1 aromatic heterocycles. The average Bonchev–Trinajstić information content (AvgIpc) is 2.74. The Labute approximate surface area is 119 Å². The summed E-state index contributed by atoms with van der Waals surface area (Å²) in [6, 6.07) is 5.22. The Morgan fingerprint density at radius 2 is 1.85 bits per heavy atom. The van der Waals surface area contributed by atoms with Crippen molar-refractivity contribution in [1.82, 2.24) is 4.98 Å². The predicted molar refractivity (Wildman–Crippen MR) is 84.3 cm³/mol. The lowest BCUT2D eigenvalue weighted by molar-refractivity contribution is -0.384. The molecule has 1 N–H and O–H groups in total. The van der Waals surface area contributed by atoms with Crippen molar-refractivity contribution in [2.45, 2.75) is 40.0 Å². The van der Waals surface area contributed by atoms with Crippen LogP contribution in [0.25, 0.3) is 10.9 Å². The summed E-state index contributed by atoms with van der Waals surface area (Å²) in [5.41, 5.74) is 3.15. The number of nitro groups is 1. The molecule has 0 saturated carbocycles. The molecule has 0 atom stereocenters. The minimum atomic E-state index is -0.351. The second-order valence-corrected chi connectivity index (χ2v) is 5.83. The van der Waals surface area contributed by atoms with Gasteiger partial charge in [-0.15, -0.1) is 6.58 Å². The summed E-state index contributed by atoms with van der Waals surface area (Å²) in [5.74, 6) is 0. The number of aromatic nitrogens is 1. The topological polar surface area (TPSA) is 58.9 Å². The Hall–Kier alpha value is -2.10. The first kappa shape index (κ1) is 16.0. The molecule has 0 aliphatic heterocycles. The van der Waals surface area contributed by atoms with Crippen molar-refractivity contribution in [1.29, 1.82) is 0 Å². The standard InChI is InChI=1S/C13H16N2O2.C3H6/c1-8-5-10(15(16)17)6-9-7-11(13(2,3)4)14-12(8)9;1-3-2/h5-7,14H,1-4H3;3H,1H2,2H3. The molecule has 0 fully saturated rings. The van der Waals surface area contributed by atoms with E-state index in [1.807, 2.05) is 19.9 Å². The third kappa shape index (κ3) is 3.47. The molecule has 0 aliphatic carbocycles. The lowest BCUT2D eigenvalue weighted by Crippen LogP contribution is -2.11. The molecular formula is C16H22N2O2. The number of non-ortho nitro benzene ring substituents is 1. The molecule has 0 spiro atoms. The number of nitrogens with one attached hydrogen (secondary N) is 1. The van der Waals surface area contributed by atoms with Gasteiger partial charge < -0.3 is 4.98 Å². The van der Waals surface area contributed by atoms with Gasteiger partial charge in [0.1, 0.15) is 0 Å². The van der Waals surface area contributed by atoms with Crippen LogP contribution < -0.4 is 0 Å². The zero-order valence-electron chi connectivity index (χ0n) is 12.8. The van der Waals surface area contributed by atoms with E-state index in [0.29, 0.717) is 0 Å². The van der Waals surface area contributed by atoms with Crippen molar-refractivity contribution in [2.75, 3.05) is 0 Å². The fraction of sp³-hybridized carbons (Fsp3) is 0.375. The van der Waals surface area contributed by atoms with Gasteiger partial charge in [-0.25, -0.2) is 0 Å². The van der Waals surface area contributed by atoms with E-state index in [0.717, 1.165) is 22.2 Å². The zero-order chi connectivity index (χ0) is 15.5. The molecule has 1 aromatic carbocycles. The highest BCUT2D eigenvalue weighted by Gasteiger charge is 2.18. The van der Waals surface area contributed by atoms with Crippen molar-refractivity contribution in [2.24, 2.45) is 0 Å². The summed E-state index contributed by atoms with van der Waals surface area (Å²) in [4.78, 5) is 13.8. The number of H-pyrrole nitrogens is 1. The van der Waals surface area contributed by atoms with E-state index < -0.39 is 0 Å². The van der Waals surface area contributed by atoms with E-state index in [2.05, 4.69) is 32.3 Å². The van der Waals surface area contributed by atoms with Gasteiger partial charge in [0.05, 0.1) is 4.92 Å². The molecule has 0 saturated heterocycles. The molecule has 1 heterocycles. The minimum absolute atomic E-state index is 0.0141. The summed E-state index contributed by atoms with van der Waals surface area (Å²) in [7, 11) is 0. The van der Waals surface area contributed by atoms with Crippen LogP contribution in [0.15, 0.2) is 30.9 Å². The van der Waals surface area contributed by atoms with Gasteiger partial charge in [0, 0.05) is 34.1 Å². The van der Waals surface area contributed by atoms with E-state index in [9.17, 15) is 10.1 Å². The Morgan fingerprint density at radius 1 is 1.30 bits per heavy atom. The quantitative estimate of drug-likeness (QED) is 0.458. The highest BCUT2D eigenvalue weighted by Crippen LogP contribution is 2.30. The lowest BCUT2D eigenvalue weighted by atomic mass is 9.92. The Balaban J connectivity index is 0.000000612. The highest BCUT2D eigenvalue weighted by atomic mass is 16.6. The van der Waals surface area contributed by atoms with Crippen LogP contribution in [0.3, 0.4) is 0 Å². The number of fused-ring (bicyclic) bond motifs is 1. The third-order valence-electron chi connectivity index (χ3n) is 2.93. The third-order valence-corrected chi connectivity index (χ3v) is 2.93. The molecule has 0 radical (unpaired) electrons. The van der Waals surface area contributed by atoms with Crippen LogP contribution in [0.1, 0.15) is 39.0 Å². The molecule has 108 valence electrons. The molecule has 0 aliphatic rings. The van der Waals surface area contributed by atoms with Gasteiger partial charge in [-0.1, -0.05) is 26.8 Å². The van der Waals surface area contributed by atoms with E-state index >= 15 is 0 Å². The molecule has 0 unspecified atom stereocenters.